The number of ether oxygens (including phenoxy) is 1. The van der Waals surface area contributed by atoms with Gasteiger partial charge in [-0.2, -0.15) is 4.31 Å². The topological polar surface area (TPSA) is 97.1 Å². The van der Waals surface area contributed by atoms with Crippen LogP contribution in [-0.4, -0.2) is 62.1 Å². The molecule has 2 heterocycles. The number of amides is 1. The number of fused-ring (bicyclic) bond motifs is 1. The highest BCUT2D eigenvalue weighted by Crippen LogP contribution is 2.31. The molecule has 1 fully saturated rings. The van der Waals surface area contributed by atoms with Crippen molar-refractivity contribution in [2.75, 3.05) is 38.5 Å². The van der Waals surface area contributed by atoms with Crippen molar-refractivity contribution in [3.63, 3.8) is 0 Å². The average Bonchev–Trinajstić information content (AvgIpc) is 2.84. The molecule has 0 saturated carbocycles. The van der Waals surface area contributed by atoms with E-state index >= 15 is 0 Å². The van der Waals surface area contributed by atoms with Crippen molar-refractivity contribution in [2.24, 2.45) is 0 Å². The van der Waals surface area contributed by atoms with E-state index in [1.807, 2.05) is 19.1 Å². The lowest BCUT2D eigenvalue weighted by atomic mass is 10.1. The summed E-state index contributed by atoms with van der Waals surface area (Å²) in [7, 11) is -3.30. The van der Waals surface area contributed by atoms with Crippen LogP contribution in [0.25, 0.3) is 22.3 Å². The lowest BCUT2D eigenvalue weighted by molar-refractivity contribution is -0.134. The summed E-state index contributed by atoms with van der Waals surface area (Å²) in [4.78, 5) is 27.6. The van der Waals surface area contributed by atoms with Crippen molar-refractivity contribution in [3.8, 4) is 17.1 Å². The zero-order valence-electron chi connectivity index (χ0n) is 18.7. The van der Waals surface area contributed by atoms with Gasteiger partial charge in [-0.15, -0.1) is 0 Å². The molecule has 4 rings (SSSR count). The second kappa shape index (κ2) is 10.3. The molecule has 1 aliphatic heterocycles. The normalized spacial score (nSPS) is 14.9. The second-order valence-corrected chi connectivity index (χ2v) is 11.0. The first-order valence-corrected chi connectivity index (χ1v) is 13.4. The molecule has 34 heavy (non-hydrogen) atoms. The Kier molecular flexibility index (Phi) is 7.39. The van der Waals surface area contributed by atoms with E-state index in [0.29, 0.717) is 23.0 Å². The molecule has 3 aromatic rings. The lowest BCUT2D eigenvalue weighted by Gasteiger charge is -2.33. The van der Waals surface area contributed by atoms with Gasteiger partial charge in [0.15, 0.2) is 12.4 Å². The Morgan fingerprint density at radius 1 is 1.06 bits per heavy atom. The van der Waals surface area contributed by atoms with Gasteiger partial charge >= 0.3 is 0 Å². The second-order valence-electron chi connectivity index (χ2n) is 7.98. The maximum Gasteiger partial charge on any atom is 0.260 e. The van der Waals surface area contributed by atoms with Crippen LogP contribution in [0.2, 0.25) is 0 Å². The summed E-state index contributed by atoms with van der Waals surface area (Å²) >= 11 is 3.39. The Bertz CT molecular complexity index is 1350. The van der Waals surface area contributed by atoms with Gasteiger partial charge in [-0.05, 0) is 42.8 Å². The number of benzene rings is 2. The Balaban J connectivity index is 1.54. The van der Waals surface area contributed by atoms with Crippen LogP contribution < -0.4 is 10.2 Å². The van der Waals surface area contributed by atoms with Crippen LogP contribution in [0.15, 0.2) is 62.2 Å². The van der Waals surface area contributed by atoms with Gasteiger partial charge in [0, 0.05) is 36.2 Å². The molecule has 0 bridgehead atoms. The summed E-state index contributed by atoms with van der Waals surface area (Å²) in [6, 6.07) is 14.1. The molecule has 8 nitrogen and oxygen atoms in total. The van der Waals surface area contributed by atoms with Crippen LogP contribution in [0.4, 0.5) is 0 Å². The summed E-state index contributed by atoms with van der Waals surface area (Å²) in [5, 5.41) is 0.362. The molecule has 1 aliphatic rings. The molecule has 180 valence electrons. The predicted octanol–water partition coefficient (Wildman–Crippen LogP) is 3.49. The fourth-order valence-corrected chi connectivity index (χ4v) is 5.63. The van der Waals surface area contributed by atoms with Gasteiger partial charge in [0.05, 0.1) is 11.1 Å². The number of carbonyl (C=O) groups excluding carboxylic acids is 1. The average molecular weight is 549 g/mol. The van der Waals surface area contributed by atoms with Crippen LogP contribution in [0.5, 0.6) is 5.75 Å². The molecular formula is C24H25BrN2O6S. The monoisotopic (exact) mass is 548 g/mol. The predicted molar refractivity (Wildman–Crippen MR) is 133 cm³/mol. The molecule has 1 aromatic heterocycles. The third-order valence-electron chi connectivity index (χ3n) is 5.65. The number of carbonyl (C=O) groups is 1. The van der Waals surface area contributed by atoms with Crippen molar-refractivity contribution >= 4 is 42.8 Å². The third kappa shape index (κ3) is 5.18. The minimum Gasteiger partial charge on any atom is -0.476 e. The third-order valence-corrected chi connectivity index (χ3v) is 8.25. The van der Waals surface area contributed by atoms with Crippen molar-refractivity contribution in [3.05, 3.63) is 63.2 Å². The Labute approximate surface area is 206 Å². The zero-order chi connectivity index (χ0) is 24.3. The summed E-state index contributed by atoms with van der Waals surface area (Å²) in [6.07, 6.45) is 0.546. The molecule has 0 N–H and O–H groups in total. The van der Waals surface area contributed by atoms with Crippen LogP contribution in [0, 0.1) is 0 Å². The van der Waals surface area contributed by atoms with Gasteiger partial charge in [0.25, 0.3) is 5.91 Å². The van der Waals surface area contributed by atoms with E-state index < -0.39 is 10.0 Å². The van der Waals surface area contributed by atoms with E-state index in [9.17, 15) is 18.0 Å². The highest BCUT2D eigenvalue weighted by Gasteiger charge is 2.29. The van der Waals surface area contributed by atoms with Crippen molar-refractivity contribution < 1.29 is 22.4 Å². The van der Waals surface area contributed by atoms with Crippen molar-refractivity contribution in [2.45, 2.75) is 13.3 Å². The SMILES string of the molecule is CCCS(=O)(=O)N1CCN(C(=O)COc2c(-c3ccc(Br)cc3)oc3ccccc3c2=O)CC1. The summed E-state index contributed by atoms with van der Waals surface area (Å²) in [5.41, 5.74) is 0.708. The Morgan fingerprint density at radius 3 is 2.41 bits per heavy atom. The number of para-hydroxylation sites is 1. The minimum atomic E-state index is -3.30. The first kappa shape index (κ1) is 24.4. The van der Waals surface area contributed by atoms with E-state index in [-0.39, 0.29) is 61.4 Å². The minimum absolute atomic E-state index is 0.0291. The fourth-order valence-electron chi connectivity index (χ4n) is 3.88. The zero-order valence-corrected chi connectivity index (χ0v) is 21.1. The number of rotatable bonds is 7. The molecule has 0 atom stereocenters. The van der Waals surface area contributed by atoms with Crippen LogP contribution in [-0.2, 0) is 14.8 Å². The fraction of sp³-hybridized carbons (Fsp3) is 0.333. The Morgan fingerprint density at radius 2 is 1.74 bits per heavy atom. The van der Waals surface area contributed by atoms with E-state index in [0.717, 1.165) is 4.47 Å². The van der Waals surface area contributed by atoms with Gasteiger partial charge in [0.2, 0.25) is 21.2 Å². The standard InChI is InChI=1S/C24H25BrN2O6S/c1-2-15-34(30,31)27-13-11-26(12-14-27)21(28)16-32-24-22(29)19-5-3-4-6-20(19)33-23(24)17-7-9-18(25)10-8-17/h3-10H,2,11-16H2,1H3. The van der Waals surface area contributed by atoms with Gasteiger partial charge in [-0.3, -0.25) is 9.59 Å². The van der Waals surface area contributed by atoms with E-state index in [2.05, 4.69) is 15.9 Å². The van der Waals surface area contributed by atoms with Crippen molar-refractivity contribution in [1.29, 1.82) is 0 Å². The maximum absolute atomic E-state index is 13.2. The molecule has 0 radical (unpaired) electrons. The van der Waals surface area contributed by atoms with Crippen LogP contribution in [0.1, 0.15) is 13.3 Å². The summed E-state index contributed by atoms with van der Waals surface area (Å²) in [5.74, 6) is 0.000502. The van der Waals surface area contributed by atoms with Gasteiger partial charge < -0.3 is 14.1 Å². The summed E-state index contributed by atoms with van der Waals surface area (Å²) in [6.45, 7) is 2.51. The first-order valence-electron chi connectivity index (χ1n) is 11.0. The molecule has 1 amide bonds. The first-order chi connectivity index (χ1) is 16.3. The smallest absolute Gasteiger partial charge is 0.260 e. The molecule has 1 saturated heterocycles. The molecule has 10 heteroatoms. The van der Waals surface area contributed by atoms with Gasteiger partial charge in [0.1, 0.15) is 5.58 Å². The van der Waals surface area contributed by atoms with Crippen LogP contribution in [0.3, 0.4) is 0 Å². The van der Waals surface area contributed by atoms with E-state index in [1.54, 1.807) is 41.3 Å². The molecule has 0 unspecified atom stereocenters. The van der Waals surface area contributed by atoms with Crippen LogP contribution >= 0.6 is 15.9 Å². The lowest BCUT2D eigenvalue weighted by Crippen LogP contribution is -2.52. The summed E-state index contributed by atoms with van der Waals surface area (Å²) < 4.78 is 38.6. The van der Waals surface area contributed by atoms with E-state index in [4.69, 9.17) is 9.15 Å². The molecule has 0 aliphatic carbocycles. The largest absolute Gasteiger partial charge is 0.476 e. The quantitative estimate of drug-likeness (QED) is 0.448. The number of hydrogen-bond donors (Lipinski definition) is 0. The number of hydrogen-bond acceptors (Lipinski definition) is 6. The van der Waals surface area contributed by atoms with Gasteiger partial charge in [-0.25, -0.2) is 8.42 Å². The number of piperazine rings is 1. The maximum atomic E-state index is 13.2. The molecule has 0 spiro atoms. The molecular weight excluding hydrogens is 524 g/mol. The van der Waals surface area contributed by atoms with Crippen molar-refractivity contribution in [1.82, 2.24) is 9.21 Å². The number of sulfonamides is 1. The van der Waals surface area contributed by atoms with Gasteiger partial charge in [-0.1, -0.05) is 35.0 Å². The number of nitrogens with zero attached hydrogens (tertiary/aromatic N) is 2. The number of halogens is 1. The highest BCUT2D eigenvalue weighted by atomic mass is 79.9. The van der Waals surface area contributed by atoms with E-state index in [1.165, 1.54) is 4.31 Å². The highest BCUT2D eigenvalue weighted by molar-refractivity contribution is 9.10. The molecule has 2 aromatic carbocycles. The Hall–Kier alpha value is -2.69.